The van der Waals surface area contributed by atoms with Gasteiger partial charge in [0.15, 0.2) is 0 Å². The molecule has 0 aliphatic heterocycles. The van der Waals surface area contributed by atoms with Crippen LogP contribution in [0.15, 0.2) is 0 Å². The van der Waals surface area contributed by atoms with Crippen molar-refractivity contribution < 1.29 is 0 Å². The zero-order valence-corrected chi connectivity index (χ0v) is 28.7. The van der Waals surface area contributed by atoms with Crippen LogP contribution in [-0.2, 0) is 0 Å². The number of hydrogen-bond acceptors (Lipinski definition) is 15. The standard InChI is InChI=1S/C8H15N5.C7H12ClN5.C6H8Cl2N4.C2H6.CH5N/c1-5(2)10-8-12-6(3)11-7(9-4)13-8;1-4(2)10-7-12-5(8)11-6(9-3)13-7;1-3(2)9-6-11-4(7)10-5(8)12-6;2*1-2/h5H,1-4H3,(H2,9,10,11,12,13);4H,1-3H3,(H2,9,10,11,12,13);3H,1-2H3,(H,9,10,11,12);1-2H3;2H2,1H3. The number of halogens is 3. The molecule has 0 fully saturated rings. The summed E-state index contributed by atoms with van der Waals surface area (Å²) >= 11 is 16.8. The van der Waals surface area contributed by atoms with Crippen LogP contribution >= 0.6 is 34.8 Å². The molecule has 0 bridgehead atoms. The van der Waals surface area contributed by atoms with Gasteiger partial charge >= 0.3 is 0 Å². The first-order chi connectivity index (χ1) is 19.8. The number of nitrogens with one attached hydrogen (secondary N) is 5. The SMILES string of the molecule is CC.CC(C)Nc1nc(Cl)nc(Cl)n1.CN.CNc1nc(C)nc(NC(C)C)n1.CNc1nc(Cl)nc(NC(C)C)n1. The average molecular weight is 651 g/mol. The number of anilines is 5. The zero-order chi connectivity index (χ0) is 32.8. The molecule has 0 saturated carbocycles. The Bertz CT molecular complexity index is 1050. The van der Waals surface area contributed by atoms with E-state index < -0.39 is 0 Å². The van der Waals surface area contributed by atoms with Crippen LogP contribution in [0.3, 0.4) is 0 Å². The van der Waals surface area contributed by atoms with E-state index in [1.165, 1.54) is 7.05 Å². The number of aromatic nitrogens is 9. The fourth-order valence-electron chi connectivity index (χ4n) is 2.35. The van der Waals surface area contributed by atoms with Crippen molar-refractivity contribution in [3.63, 3.8) is 0 Å². The number of nitrogens with zero attached hydrogens (tertiary/aromatic N) is 9. The van der Waals surface area contributed by atoms with Crippen molar-refractivity contribution in [2.75, 3.05) is 47.7 Å². The second kappa shape index (κ2) is 23.4. The highest BCUT2D eigenvalue weighted by atomic mass is 35.5. The minimum absolute atomic E-state index is 0.0955. The van der Waals surface area contributed by atoms with Crippen molar-refractivity contribution in [1.29, 1.82) is 0 Å². The molecule has 0 spiro atoms. The number of rotatable bonds is 8. The molecule has 3 aromatic rings. The monoisotopic (exact) mass is 649 g/mol. The molecule has 42 heavy (non-hydrogen) atoms. The van der Waals surface area contributed by atoms with Crippen LogP contribution in [0.4, 0.5) is 29.7 Å². The maximum absolute atomic E-state index is 5.67. The third-order valence-corrected chi connectivity index (χ3v) is 4.14. The average Bonchev–Trinajstić information content (AvgIpc) is 2.89. The van der Waals surface area contributed by atoms with Crippen molar-refractivity contribution in [2.24, 2.45) is 5.73 Å². The predicted molar refractivity (Wildman–Crippen MR) is 176 cm³/mol. The molecule has 0 atom stereocenters. The lowest BCUT2D eigenvalue weighted by molar-refractivity contribution is 0.858. The molecule has 0 radical (unpaired) electrons. The summed E-state index contributed by atoms with van der Waals surface area (Å²) in [6.07, 6.45) is 0. The van der Waals surface area contributed by atoms with Crippen molar-refractivity contribution in [2.45, 2.75) is 80.4 Å². The van der Waals surface area contributed by atoms with E-state index >= 15 is 0 Å². The molecule has 0 saturated heterocycles. The van der Waals surface area contributed by atoms with Gasteiger partial charge in [-0.3, -0.25) is 0 Å². The van der Waals surface area contributed by atoms with E-state index in [0.717, 1.165) is 0 Å². The number of aryl methyl sites for hydroxylation is 1. The Morgan fingerprint density at radius 2 is 0.738 bits per heavy atom. The Labute approximate surface area is 264 Å². The first-order valence-corrected chi connectivity index (χ1v) is 14.4. The third kappa shape index (κ3) is 19.9. The molecule has 15 nitrogen and oxygen atoms in total. The fourth-order valence-corrected chi connectivity index (χ4v) is 2.87. The fraction of sp³-hybridized carbons (Fsp3) is 0.625. The Morgan fingerprint density at radius 3 is 1.10 bits per heavy atom. The maximum atomic E-state index is 5.67. The molecular weight excluding hydrogens is 605 g/mol. The zero-order valence-electron chi connectivity index (χ0n) is 26.5. The maximum Gasteiger partial charge on any atom is 0.228 e. The van der Waals surface area contributed by atoms with Gasteiger partial charge in [0.25, 0.3) is 0 Å². The third-order valence-electron chi connectivity index (χ3n) is 3.64. The summed E-state index contributed by atoms with van der Waals surface area (Å²) in [4.78, 5) is 35.5. The largest absolute Gasteiger partial charge is 0.357 e. The molecule has 18 heteroatoms. The number of nitrogens with two attached hydrogens (primary N) is 1. The van der Waals surface area contributed by atoms with Gasteiger partial charge in [-0.15, -0.1) is 0 Å². The Hall–Kier alpha value is -3.14. The van der Waals surface area contributed by atoms with Gasteiger partial charge in [-0.2, -0.15) is 44.9 Å². The van der Waals surface area contributed by atoms with E-state index in [4.69, 9.17) is 34.8 Å². The molecule has 0 aromatic carbocycles. The Balaban J connectivity index is 0. The summed E-state index contributed by atoms with van der Waals surface area (Å²) in [7, 11) is 5.01. The van der Waals surface area contributed by atoms with Gasteiger partial charge < -0.3 is 32.3 Å². The van der Waals surface area contributed by atoms with Crippen LogP contribution in [0.1, 0.15) is 61.2 Å². The minimum Gasteiger partial charge on any atom is -0.357 e. The summed E-state index contributed by atoms with van der Waals surface area (Å²) < 4.78 is 0. The molecule has 0 aliphatic rings. The second-order valence-electron chi connectivity index (χ2n) is 8.38. The van der Waals surface area contributed by atoms with E-state index in [9.17, 15) is 0 Å². The Morgan fingerprint density at radius 1 is 0.476 bits per heavy atom. The molecule has 3 heterocycles. The van der Waals surface area contributed by atoms with Crippen LogP contribution in [0, 0.1) is 6.92 Å². The van der Waals surface area contributed by atoms with Crippen LogP contribution in [0.2, 0.25) is 15.9 Å². The highest BCUT2D eigenvalue weighted by Crippen LogP contribution is 2.11. The van der Waals surface area contributed by atoms with Crippen LogP contribution in [0.25, 0.3) is 0 Å². The molecular formula is C24H46Cl3N15. The van der Waals surface area contributed by atoms with Gasteiger partial charge in [-0.25, -0.2) is 0 Å². The first kappa shape index (κ1) is 41.0. The van der Waals surface area contributed by atoms with Gasteiger partial charge in [0, 0.05) is 32.2 Å². The summed E-state index contributed by atoms with van der Waals surface area (Å²) in [6, 6.07) is 0.828. The number of hydrogen-bond donors (Lipinski definition) is 6. The van der Waals surface area contributed by atoms with Gasteiger partial charge in [0.1, 0.15) is 5.82 Å². The lowest BCUT2D eigenvalue weighted by Gasteiger charge is -2.09. The van der Waals surface area contributed by atoms with Crippen molar-refractivity contribution in [3.8, 4) is 0 Å². The van der Waals surface area contributed by atoms with Crippen molar-refractivity contribution >= 4 is 64.5 Å². The van der Waals surface area contributed by atoms with Crippen LogP contribution < -0.4 is 32.3 Å². The second-order valence-corrected chi connectivity index (χ2v) is 9.39. The molecule has 3 aromatic heterocycles. The summed E-state index contributed by atoms with van der Waals surface area (Å²) in [5.41, 5.74) is 4.50. The lowest BCUT2D eigenvalue weighted by atomic mass is 10.4. The molecule has 3 rings (SSSR count). The highest BCUT2D eigenvalue weighted by molar-refractivity contribution is 6.31. The smallest absolute Gasteiger partial charge is 0.228 e. The van der Waals surface area contributed by atoms with Crippen LogP contribution in [-0.4, -0.2) is 84.1 Å². The van der Waals surface area contributed by atoms with E-state index in [0.29, 0.717) is 41.6 Å². The van der Waals surface area contributed by atoms with E-state index in [1.807, 2.05) is 62.3 Å². The molecule has 7 N–H and O–H groups in total. The normalized spacial score (nSPS) is 9.60. The minimum atomic E-state index is 0.0955. The Kier molecular flexibility index (Phi) is 22.9. The van der Waals surface area contributed by atoms with Crippen molar-refractivity contribution in [3.05, 3.63) is 21.7 Å². The molecule has 0 unspecified atom stereocenters. The molecule has 238 valence electrons. The summed E-state index contributed by atoms with van der Waals surface area (Å²) in [5.74, 6) is 3.27. The summed E-state index contributed by atoms with van der Waals surface area (Å²) in [6.45, 7) is 17.8. The van der Waals surface area contributed by atoms with E-state index in [-0.39, 0.29) is 27.9 Å². The van der Waals surface area contributed by atoms with E-state index in [2.05, 4.69) is 77.2 Å². The van der Waals surface area contributed by atoms with Gasteiger partial charge in [0.2, 0.25) is 45.6 Å². The molecule has 0 amide bonds. The highest BCUT2D eigenvalue weighted by Gasteiger charge is 2.05. The topological polar surface area (TPSA) is 202 Å². The van der Waals surface area contributed by atoms with Gasteiger partial charge in [-0.1, -0.05) is 13.8 Å². The first-order valence-electron chi connectivity index (χ1n) is 13.2. The predicted octanol–water partition coefficient (Wildman–Crippen LogP) is 5.03. The van der Waals surface area contributed by atoms with Gasteiger partial charge in [0.05, 0.1) is 0 Å². The van der Waals surface area contributed by atoms with Gasteiger partial charge in [-0.05, 0) is 90.3 Å². The van der Waals surface area contributed by atoms with Crippen molar-refractivity contribution in [1.82, 2.24) is 44.9 Å². The van der Waals surface area contributed by atoms with E-state index in [1.54, 1.807) is 14.1 Å². The molecule has 0 aliphatic carbocycles. The lowest BCUT2D eigenvalue weighted by Crippen LogP contribution is -2.14. The summed E-state index contributed by atoms with van der Waals surface area (Å²) in [5, 5.41) is 15.2. The van der Waals surface area contributed by atoms with Crippen LogP contribution in [0.5, 0.6) is 0 Å². The quantitative estimate of drug-likeness (QED) is 0.189.